The second kappa shape index (κ2) is 2.91. The lowest BCUT2D eigenvalue weighted by Crippen LogP contribution is -2.14. The fourth-order valence-corrected chi connectivity index (χ4v) is 1.45. The number of rotatable bonds is 1. The van der Waals surface area contributed by atoms with Crippen molar-refractivity contribution in [3.8, 4) is 0 Å². The van der Waals surface area contributed by atoms with Crippen LogP contribution >= 0.6 is 0 Å². The van der Waals surface area contributed by atoms with E-state index in [9.17, 15) is 0 Å². The molecule has 1 rings (SSSR count). The Kier molecular flexibility index (Phi) is 2.15. The van der Waals surface area contributed by atoms with Gasteiger partial charge in [-0.05, 0) is 26.0 Å². The highest BCUT2D eigenvalue weighted by atomic mass is 15.1. The third-order valence-corrected chi connectivity index (χ3v) is 2.01. The zero-order valence-corrected chi connectivity index (χ0v) is 7.02. The summed E-state index contributed by atoms with van der Waals surface area (Å²) in [5.41, 5.74) is 2.98. The van der Waals surface area contributed by atoms with E-state index < -0.39 is 0 Å². The van der Waals surface area contributed by atoms with E-state index in [2.05, 4.69) is 38.1 Å². The van der Waals surface area contributed by atoms with E-state index in [4.69, 9.17) is 0 Å². The first-order chi connectivity index (χ1) is 4.75. The normalized spacial score (nSPS) is 18.5. The quantitative estimate of drug-likeness (QED) is 0.536. The molecule has 56 valence electrons. The van der Waals surface area contributed by atoms with Crippen LogP contribution in [0.1, 0.15) is 26.7 Å². The predicted octanol–water partition coefficient (Wildman–Crippen LogP) is 2.52. The monoisotopic (exact) mass is 137 g/mol. The first-order valence-electron chi connectivity index (χ1n) is 3.83. The summed E-state index contributed by atoms with van der Waals surface area (Å²) in [7, 11) is 2.11. The summed E-state index contributed by atoms with van der Waals surface area (Å²) in [6.45, 7) is 4.41. The highest BCUT2D eigenvalue weighted by Crippen LogP contribution is 2.20. The van der Waals surface area contributed by atoms with Crippen LogP contribution in [0.5, 0.6) is 0 Å². The molecule has 0 saturated heterocycles. The van der Waals surface area contributed by atoms with Crippen LogP contribution < -0.4 is 0 Å². The zero-order valence-electron chi connectivity index (χ0n) is 7.02. The maximum Gasteiger partial charge on any atom is 0.0160 e. The van der Waals surface area contributed by atoms with Gasteiger partial charge in [0.2, 0.25) is 0 Å². The van der Waals surface area contributed by atoms with Gasteiger partial charge in [0, 0.05) is 12.7 Å². The van der Waals surface area contributed by atoms with E-state index >= 15 is 0 Å². The molecular weight excluding hydrogens is 122 g/mol. The summed E-state index contributed by atoms with van der Waals surface area (Å²) in [5.74, 6) is 0. The van der Waals surface area contributed by atoms with Crippen molar-refractivity contribution in [1.29, 1.82) is 0 Å². The predicted molar refractivity (Wildman–Crippen MR) is 44.5 cm³/mol. The van der Waals surface area contributed by atoms with E-state index in [-0.39, 0.29) is 0 Å². The third-order valence-electron chi connectivity index (χ3n) is 2.01. The highest BCUT2D eigenvalue weighted by molar-refractivity contribution is 5.19. The molecule has 0 bridgehead atoms. The van der Waals surface area contributed by atoms with Crippen LogP contribution in [0.25, 0.3) is 0 Å². The molecule has 0 aromatic heterocycles. The van der Waals surface area contributed by atoms with Gasteiger partial charge in [-0.3, -0.25) is 0 Å². The molecule has 10 heavy (non-hydrogen) atoms. The van der Waals surface area contributed by atoms with Crippen LogP contribution in [-0.2, 0) is 0 Å². The van der Waals surface area contributed by atoms with E-state index in [0.717, 1.165) is 12.8 Å². The molecule has 1 aliphatic heterocycles. The number of hydrogen-bond acceptors (Lipinski definition) is 1. The fourth-order valence-electron chi connectivity index (χ4n) is 1.45. The van der Waals surface area contributed by atoms with Gasteiger partial charge in [-0.2, -0.15) is 0 Å². The van der Waals surface area contributed by atoms with Crippen LogP contribution in [0, 0.1) is 0 Å². The molecule has 1 heterocycles. The molecule has 0 aromatic carbocycles. The molecule has 0 atom stereocenters. The van der Waals surface area contributed by atoms with Gasteiger partial charge in [0.15, 0.2) is 0 Å². The average molecular weight is 137 g/mol. The molecule has 0 fully saturated rings. The second-order valence-corrected chi connectivity index (χ2v) is 2.78. The van der Waals surface area contributed by atoms with Gasteiger partial charge in [-0.1, -0.05) is 18.6 Å². The highest BCUT2D eigenvalue weighted by Gasteiger charge is 2.06. The molecule has 0 N–H and O–H groups in total. The van der Waals surface area contributed by atoms with Crippen LogP contribution in [0.15, 0.2) is 23.5 Å². The van der Waals surface area contributed by atoms with Gasteiger partial charge in [-0.25, -0.2) is 0 Å². The van der Waals surface area contributed by atoms with Gasteiger partial charge in [0.05, 0.1) is 0 Å². The van der Waals surface area contributed by atoms with Gasteiger partial charge in [0.1, 0.15) is 0 Å². The van der Waals surface area contributed by atoms with Gasteiger partial charge in [0.25, 0.3) is 0 Å². The van der Waals surface area contributed by atoms with Gasteiger partial charge in [-0.15, -0.1) is 0 Å². The minimum Gasteiger partial charge on any atom is -0.355 e. The Balaban J connectivity index is 2.78. The minimum absolute atomic E-state index is 1.13. The summed E-state index contributed by atoms with van der Waals surface area (Å²) in [4.78, 5) is 2.21. The van der Waals surface area contributed by atoms with Crippen molar-refractivity contribution < 1.29 is 0 Å². The lowest BCUT2D eigenvalue weighted by molar-refractivity contribution is 0.524. The largest absolute Gasteiger partial charge is 0.355 e. The molecule has 0 radical (unpaired) electrons. The maximum absolute atomic E-state index is 2.21. The molecule has 0 saturated carbocycles. The SMILES string of the molecule is CCC1=C(C)CC=CN1C. The standard InChI is InChI=1S/C9H15N/c1-4-9-8(2)6-5-7-10(9)3/h5,7H,4,6H2,1-3H3. The van der Waals surface area contributed by atoms with E-state index in [0.29, 0.717) is 0 Å². The van der Waals surface area contributed by atoms with Crippen molar-refractivity contribution in [3.63, 3.8) is 0 Å². The Morgan fingerprint density at radius 3 is 2.70 bits per heavy atom. The van der Waals surface area contributed by atoms with Crippen molar-refractivity contribution in [1.82, 2.24) is 4.90 Å². The molecule has 0 unspecified atom stereocenters. The molecule has 1 nitrogen and oxygen atoms in total. The van der Waals surface area contributed by atoms with E-state index in [1.807, 2.05) is 0 Å². The number of allylic oxidation sites excluding steroid dienone is 3. The van der Waals surface area contributed by atoms with Crippen LogP contribution in [-0.4, -0.2) is 11.9 Å². The lowest BCUT2D eigenvalue weighted by atomic mass is 10.1. The Hall–Kier alpha value is -0.720. The summed E-state index contributed by atoms with van der Waals surface area (Å²) in [6.07, 6.45) is 6.63. The van der Waals surface area contributed by atoms with Gasteiger partial charge < -0.3 is 4.90 Å². The fraction of sp³-hybridized carbons (Fsp3) is 0.556. The molecular formula is C9H15N. The molecule has 0 spiro atoms. The molecule has 0 aliphatic carbocycles. The summed E-state index contributed by atoms with van der Waals surface area (Å²) in [5, 5.41) is 0. The van der Waals surface area contributed by atoms with E-state index in [1.54, 1.807) is 0 Å². The zero-order chi connectivity index (χ0) is 7.56. The van der Waals surface area contributed by atoms with Crippen LogP contribution in [0.4, 0.5) is 0 Å². The summed E-state index contributed by atoms with van der Waals surface area (Å²) >= 11 is 0. The summed E-state index contributed by atoms with van der Waals surface area (Å²) < 4.78 is 0. The number of nitrogens with zero attached hydrogens (tertiary/aromatic N) is 1. The van der Waals surface area contributed by atoms with Gasteiger partial charge >= 0.3 is 0 Å². The Labute approximate surface area is 63.0 Å². The average Bonchev–Trinajstić information content (AvgIpc) is 1.88. The van der Waals surface area contributed by atoms with Crippen molar-refractivity contribution in [2.24, 2.45) is 0 Å². The minimum atomic E-state index is 1.13. The van der Waals surface area contributed by atoms with Crippen molar-refractivity contribution in [2.45, 2.75) is 26.7 Å². The van der Waals surface area contributed by atoms with Crippen LogP contribution in [0.3, 0.4) is 0 Å². The molecule has 1 heteroatoms. The van der Waals surface area contributed by atoms with Crippen molar-refractivity contribution >= 4 is 0 Å². The Morgan fingerprint density at radius 1 is 1.60 bits per heavy atom. The Bertz CT molecular complexity index is 177. The second-order valence-electron chi connectivity index (χ2n) is 2.78. The molecule has 0 amide bonds. The first kappa shape index (κ1) is 7.39. The van der Waals surface area contributed by atoms with Crippen molar-refractivity contribution in [3.05, 3.63) is 23.5 Å². The van der Waals surface area contributed by atoms with Crippen LogP contribution in [0.2, 0.25) is 0 Å². The molecule has 1 aliphatic rings. The van der Waals surface area contributed by atoms with Crippen molar-refractivity contribution in [2.75, 3.05) is 7.05 Å². The first-order valence-corrected chi connectivity index (χ1v) is 3.83. The number of hydrogen-bond donors (Lipinski definition) is 0. The third kappa shape index (κ3) is 1.23. The van der Waals surface area contributed by atoms with E-state index in [1.165, 1.54) is 11.3 Å². The summed E-state index contributed by atoms with van der Waals surface area (Å²) in [6, 6.07) is 0. The lowest BCUT2D eigenvalue weighted by Gasteiger charge is -2.23. The maximum atomic E-state index is 2.21. The molecule has 0 aromatic rings. The smallest absolute Gasteiger partial charge is 0.0160 e. The Morgan fingerprint density at radius 2 is 2.30 bits per heavy atom. The topological polar surface area (TPSA) is 3.24 Å².